The molecule has 4 rings (SSSR count). The monoisotopic (exact) mass is 534 g/mol. The molecule has 1 saturated carbocycles. The maximum atomic E-state index is 13.0. The van der Waals surface area contributed by atoms with E-state index in [4.69, 9.17) is 4.74 Å². The Hall–Kier alpha value is -4.21. The first-order chi connectivity index (χ1) is 18.5. The summed E-state index contributed by atoms with van der Waals surface area (Å²) in [6, 6.07) is 11.4. The number of carbonyl (C=O) groups is 5. The van der Waals surface area contributed by atoms with Crippen LogP contribution in [-0.2, 0) is 16.1 Å². The third-order valence-corrected chi connectivity index (χ3v) is 6.58. The van der Waals surface area contributed by atoms with Gasteiger partial charge in [-0.1, -0.05) is 31.4 Å². The lowest BCUT2D eigenvalue weighted by molar-refractivity contribution is -0.115. The molecule has 0 unspecified atom stereocenters. The topological polar surface area (TPSA) is 134 Å². The molecule has 2 aliphatic rings. The summed E-state index contributed by atoms with van der Waals surface area (Å²) in [5.41, 5.74) is 1.47. The number of nitrogens with one attached hydrogen (secondary N) is 3. The number of alkyl carbamates (subject to hydrolysis) is 1. The Kier molecular flexibility index (Phi) is 8.32. The second kappa shape index (κ2) is 11.7. The van der Waals surface area contributed by atoms with Crippen LogP contribution in [0.3, 0.4) is 0 Å². The molecule has 0 radical (unpaired) electrons. The van der Waals surface area contributed by atoms with Crippen LogP contribution in [-0.4, -0.2) is 52.8 Å². The molecule has 2 aromatic carbocycles. The van der Waals surface area contributed by atoms with Gasteiger partial charge in [0.25, 0.3) is 17.7 Å². The van der Waals surface area contributed by atoms with Gasteiger partial charge in [-0.25, -0.2) is 4.79 Å². The molecule has 0 spiro atoms. The number of carbonyl (C=O) groups excluding carboxylic acids is 5. The van der Waals surface area contributed by atoms with Crippen molar-refractivity contribution in [3.8, 4) is 0 Å². The highest BCUT2D eigenvalue weighted by Gasteiger charge is 2.40. The van der Waals surface area contributed by atoms with E-state index in [1.807, 2.05) is 0 Å². The number of nitrogens with zero attached hydrogens (tertiary/aromatic N) is 1. The van der Waals surface area contributed by atoms with Crippen molar-refractivity contribution in [2.75, 3.05) is 11.9 Å². The highest BCUT2D eigenvalue weighted by molar-refractivity contribution is 6.22. The van der Waals surface area contributed by atoms with E-state index >= 15 is 0 Å². The van der Waals surface area contributed by atoms with Gasteiger partial charge in [0.05, 0.1) is 11.1 Å². The van der Waals surface area contributed by atoms with Crippen LogP contribution in [0.4, 0.5) is 10.5 Å². The summed E-state index contributed by atoms with van der Waals surface area (Å²) >= 11 is 0. The predicted molar refractivity (Wildman–Crippen MR) is 144 cm³/mol. The largest absolute Gasteiger partial charge is 0.444 e. The smallest absolute Gasteiger partial charge is 0.408 e. The maximum absolute atomic E-state index is 13.0. The molecule has 1 fully saturated rings. The molecule has 39 heavy (non-hydrogen) atoms. The third-order valence-electron chi connectivity index (χ3n) is 6.58. The first-order valence-electron chi connectivity index (χ1n) is 13.2. The number of hydrogen-bond donors (Lipinski definition) is 3. The molecule has 1 aliphatic heterocycles. The summed E-state index contributed by atoms with van der Waals surface area (Å²) < 4.78 is 5.11. The van der Waals surface area contributed by atoms with Crippen molar-refractivity contribution < 1.29 is 28.7 Å². The van der Waals surface area contributed by atoms with Crippen molar-refractivity contribution in [2.24, 2.45) is 0 Å². The minimum atomic E-state index is -0.687. The maximum Gasteiger partial charge on any atom is 0.408 e. The van der Waals surface area contributed by atoms with E-state index in [1.54, 1.807) is 57.2 Å². The number of fused-ring (bicyclic) bond motifs is 1. The van der Waals surface area contributed by atoms with Crippen LogP contribution in [0.1, 0.15) is 89.5 Å². The van der Waals surface area contributed by atoms with Gasteiger partial charge in [0.15, 0.2) is 0 Å². The number of amides is 5. The minimum absolute atomic E-state index is 0.0794. The summed E-state index contributed by atoms with van der Waals surface area (Å²) in [4.78, 5) is 64.1. The molecule has 1 aliphatic carbocycles. The predicted octanol–water partition coefficient (Wildman–Crippen LogP) is 4.01. The molecule has 0 aromatic heterocycles. The zero-order valence-electron chi connectivity index (χ0n) is 22.5. The van der Waals surface area contributed by atoms with Crippen LogP contribution in [0.15, 0.2) is 42.5 Å². The molecule has 0 bridgehead atoms. The quantitative estimate of drug-likeness (QED) is 0.460. The van der Waals surface area contributed by atoms with Crippen LogP contribution in [0.25, 0.3) is 0 Å². The van der Waals surface area contributed by atoms with E-state index in [0.717, 1.165) is 37.7 Å². The van der Waals surface area contributed by atoms with Crippen LogP contribution >= 0.6 is 0 Å². The molecular formula is C29H34N4O6. The number of imide groups is 1. The first-order valence-corrected chi connectivity index (χ1v) is 13.2. The van der Waals surface area contributed by atoms with E-state index in [-0.39, 0.29) is 48.0 Å². The van der Waals surface area contributed by atoms with Crippen LogP contribution in [0.2, 0.25) is 0 Å². The lowest BCUT2D eigenvalue weighted by Gasteiger charge is -2.29. The number of ether oxygens (including phenoxy) is 1. The SMILES string of the molecule is CC(C)(C)OC(=O)NCC(=O)Nc1cccc(CNC(=O)c2ccc3c(c2)C(=O)N(C2CCCCC2)C3=O)c1. The minimum Gasteiger partial charge on any atom is -0.444 e. The molecule has 5 amide bonds. The Morgan fingerprint density at radius 2 is 1.64 bits per heavy atom. The average molecular weight is 535 g/mol. The fourth-order valence-corrected chi connectivity index (χ4v) is 4.79. The Bertz CT molecular complexity index is 1290. The average Bonchev–Trinajstić information content (AvgIpc) is 3.15. The number of rotatable bonds is 7. The normalized spacial score (nSPS) is 15.5. The number of anilines is 1. The van der Waals surface area contributed by atoms with Crippen LogP contribution in [0.5, 0.6) is 0 Å². The van der Waals surface area contributed by atoms with Gasteiger partial charge in [-0.2, -0.15) is 0 Å². The summed E-state index contributed by atoms with van der Waals surface area (Å²) in [5, 5.41) is 7.91. The van der Waals surface area contributed by atoms with E-state index in [9.17, 15) is 24.0 Å². The third kappa shape index (κ3) is 7.01. The van der Waals surface area contributed by atoms with Crippen LogP contribution in [0, 0.1) is 0 Å². The summed E-state index contributed by atoms with van der Waals surface area (Å²) in [6.07, 6.45) is 4.06. The molecule has 2 aromatic rings. The molecule has 10 heteroatoms. The molecule has 1 heterocycles. The van der Waals surface area contributed by atoms with E-state index in [1.165, 1.54) is 11.0 Å². The lowest BCUT2D eigenvalue weighted by Crippen LogP contribution is -2.40. The van der Waals surface area contributed by atoms with Crippen molar-refractivity contribution >= 4 is 35.4 Å². The van der Waals surface area contributed by atoms with Crippen molar-refractivity contribution in [2.45, 2.75) is 71.1 Å². The van der Waals surface area contributed by atoms with E-state index in [0.29, 0.717) is 11.3 Å². The van der Waals surface area contributed by atoms with Gasteiger partial charge in [0, 0.05) is 23.8 Å². The zero-order valence-corrected chi connectivity index (χ0v) is 22.5. The molecule has 10 nitrogen and oxygen atoms in total. The first kappa shape index (κ1) is 27.8. The lowest BCUT2D eigenvalue weighted by atomic mass is 9.94. The van der Waals surface area contributed by atoms with Crippen molar-refractivity contribution in [1.82, 2.24) is 15.5 Å². The highest BCUT2D eigenvalue weighted by Crippen LogP contribution is 2.31. The second-order valence-corrected chi connectivity index (χ2v) is 10.8. The van der Waals surface area contributed by atoms with Crippen molar-refractivity contribution in [3.05, 3.63) is 64.7 Å². The molecule has 206 valence electrons. The Balaban J connectivity index is 1.32. The molecule has 0 atom stereocenters. The Labute approximate surface area is 227 Å². The fraction of sp³-hybridized carbons (Fsp3) is 0.414. The number of hydrogen-bond acceptors (Lipinski definition) is 6. The fourth-order valence-electron chi connectivity index (χ4n) is 4.79. The van der Waals surface area contributed by atoms with Gasteiger partial charge in [0.2, 0.25) is 5.91 Å². The standard InChI is InChI=1S/C29H34N4O6/c1-29(2,3)39-28(38)31-17-24(34)32-20-9-7-8-18(14-20)16-30-25(35)19-12-13-22-23(15-19)27(37)33(26(22)36)21-10-5-4-6-11-21/h7-9,12-15,21H,4-6,10-11,16-17H2,1-3H3,(H,30,35)(H,31,38)(H,32,34). The van der Waals surface area contributed by atoms with Gasteiger partial charge in [-0.15, -0.1) is 0 Å². The molecule has 0 saturated heterocycles. The Morgan fingerprint density at radius 3 is 2.36 bits per heavy atom. The van der Waals surface area contributed by atoms with Crippen LogP contribution < -0.4 is 16.0 Å². The summed E-state index contributed by atoms with van der Waals surface area (Å²) in [7, 11) is 0. The van der Waals surface area contributed by atoms with Gasteiger partial charge < -0.3 is 20.7 Å². The van der Waals surface area contributed by atoms with Gasteiger partial charge in [0.1, 0.15) is 12.1 Å². The summed E-state index contributed by atoms with van der Waals surface area (Å²) in [6.45, 7) is 5.11. The van der Waals surface area contributed by atoms with Gasteiger partial charge in [-0.3, -0.25) is 24.1 Å². The number of benzene rings is 2. The van der Waals surface area contributed by atoms with E-state index in [2.05, 4.69) is 16.0 Å². The molecule has 3 N–H and O–H groups in total. The zero-order chi connectivity index (χ0) is 28.2. The van der Waals surface area contributed by atoms with E-state index < -0.39 is 17.6 Å². The Morgan fingerprint density at radius 1 is 0.923 bits per heavy atom. The van der Waals surface area contributed by atoms with Gasteiger partial charge in [-0.05, 0) is 69.5 Å². The van der Waals surface area contributed by atoms with Crippen molar-refractivity contribution in [3.63, 3.8) is 0 Å². The highest BCUT2D eigenvalue weighted by atomic mass is 16.6. The van der Waals surface area contributed by atoms with Gasteiger partial charge >= 0.3 is 6.09 Å². The second-order valence-electron chi connectivity index (χ2n) is 10.8. The van der Waals surface area contributed by atoms with Crippen molar-refractivity contribution in [1.29, 1.82) is 0 Å². The summed E-state index contributed by atoms with van der Waals surface area (Å²) in [5.74, 6) is -1.43. The molecular weight excluding hydrogens is 500 g/mol.